The molecule has 1 amide bonds. The van der Waals surface area contributed by atoms with E-state index in [0.29, 0.717) is 13.0 Å². The zero-order valence-electron chi connectivity index (χ0n) is 9.76. The molecule has 4 N–H and O–H groups in total. The first-order valence-corrected chi connectivity index (χ1v) is 5.50. The summed E-state index contributed by atoms with van der Waals surface area (Å²) in [6.07, 6.45) is 2.27. The molecule has 1 heterocycles. The van der Waals surface area contributed by atoms with Crippen LogP contribution in [0.15, 0.2) is 30.5 Å². The van der Waals surface area contributed by atoms with Crippen molar-refractivity contribution >= 4 is 16.8 Å². The number of primary amides is 1. The molecule has 5 heteroatoms. The van der Waals surface area contributed by atoms with E-state index >= 15 is 0 Å². The number of benzene rings is 1. The Labute approximate surface area is 99.4 Å². The van der Waals surface area contributed by atoms with Gasteiger partial charge in [0.25, 0.3) is 0 Å². The molecule has 2 rings (SSSR count). The molecule has 0 saturated heterocycles. The molecule has 1 unspecified atom stereocenters. The minimum Gasteiger partial charge on any atom is -0.368 e. The number of hydrogen-bond acceptors (Lipinski definition) is 3. The topological polar surface area (TPSA) is 86.9 Å². The highest BCUT2D eigenvalue weighted by molar-refractivity contribution is 5.83. The number of nitrogens with two attached hydrogens (primary N) is 2. The van der Waals surface area contributed by atoms with Gasteiger partial charge in [0.05, 0.1) is 17.3 Å². The number of carbonyl (C=O) groups is 1. The summed E-state index contributed by atoms with van der Waals surface area (Å²) >= 11 is 0. The Morgan fingerprint density at radius 1 is 1.47 bits per heavy atom. The van der Waals surface area contributed by atoms with E-state index in [-0.39, 0.29) is 0 Å². The van der Waals surface area contributed by atoms with Crippen LogP contribution in [0.2, 0.25) is 0 Å². The van der Waals surface area contributed by atoms with Crippen LogP contribution in [0.3, 0.4) is 0 Å². The number of hydrogen-bond donors (Lipinski definition) is 2. The molecule has 0 saturated carbocycles. The standard InChI is InChI=1S/C12H16N4O/c1-12(14,11(13)17)6-7-16-10-5-3-2-4-9(10)8-15-16/h2-5,8H,6-7,14H2,1H3,(H2,13,17). The first kappa shape index (κ1) is 11.6. The van der Waals surface area contributed by atoms with Crippen molar-refractivity contribution in [3.63, 3.8) is 0 Å². The van der Waals surface area contributed by atoms with Gasteiger partial charge in [-0.15, -0.1) is 0 Å². The average molecular weight is 232 g/mol. The van der Waals surface area contributed by atoms with E-state index in [1.165, 1.54) is 0 Å². The second kappa shape index (κ2) is 4.18. The lowest BCUT2D eigenvalue weighted by molar-refractivity contribution is -0.122. The lowest BCUT2D eigenvalue weighted by Crippen LogP contribution is -2.49. The fourth-order valence-corrected chi connectivity index (χ4v) is 1.67. The van der Waals surface area contributed by atoms with Crippen molar-refractivity contribution in [2.24, 2.45) is 11.5 Å². The summed E-state index contributed by atoms with van der Waals surface area (Å²) in [5, 5.41) is 5.34. The molecule has 0 aliphatic heterocycles. The largest absolute Gasteiger partial charge is 0.368 e. The van der Waals surface area contributed by atoms with Gasteiger partial charge in [0.1, 0.15) is 0 Å². The Bertz CT molecular complexity index is 544. The third kappa shape index (κ3) is 2.29. The molecule has 1 atom stereocenters. The van der Waals surface area contributed by atoms with E-state index in [4.69, 9.17) is 11.5 Å². The number of fused-ring (bicyclic) bond motifs is 1. The number of aryl methyl sites for hydroxylation is 1. The first-order valence-electron chi connectivity index (χ1n) is 5.50. The quantitative estimate of drug-likeness (QED) is 0.810. The summed E-state index contributed by atoms with van der Waals surface area (Å²) in [5.41, 5.74) is 11.1. The van der Waals surface area contributed by atoms with Crippen molar-refractivity contribution in [1.82, 2.24) is 9.78 Å². The number of aromatic nitrogens is 2. The molecule has 0 fully saturated rings. The van der Waals surface area contributed by atoms with Crippen LogP contribution in [0.5, 0.6) is 0 Å². The molecule has 0 aliphatic rings. The van der Waals surface area contributed by atoms with Crippen molar-refractivity contribution in [2.45, 2.75) is 25.4 Å². The lowest BCUT2D eigenvalue weighted by atomic mass is 9.99. The third-order valence-corrected chi connectivity index (χ3v) is 2.96. The van der Waals surface area contributed by atoms with E-state index in [1.54, 1.807) is 13.1 Å². The molecule has 0 bridgehead atoms. The van der Waals surface area contributed by atoms with Crippen molar-refractivity contribution in [3.8, 4) is 0 Å². The highest BCUT2D eigenvalue weighted by Crippen LogP contribution is 2.14. The predicted octanol–water partition coefficient (Wildman–Crippen LogP) is 0.629. The molecule has 0 spiro atoms. The summed E-state index contributed by atoms with van der Waals surface area (Å²) in [5.74, 6) is -0.492. The van der Waals surface area contributed by atoms with Crippen LogP contribution >= 0.6 is 0 Å². The number of carbonyl (C=O) groups excluding carboxylic acids is 1. The lowest BCUT2D eigenvalue weighted by Gasteiger charge is -2.20. The molecule has 0 aliphatic carbocycles. The van der Waals surface area contributed by atoms with Crippen molar-refractivity contribution in [1.29, 1.82) is 0 Å². The SMILES string of the molecule is CC(N)(CCn1ncc2ccccc21)C(N)=O. The molecule has 1 aromatic carbocycles. The highest BCUT2D eigenvalue weighted by atomic mass is 16.1. The summed E-state index contributed by atoms with van der Waals surface area (Å²) in [6, 6.07) is 7.90. The van der Waals surface area contributed by atoms with Crippen LogP contribution in [-0.4, -0.2) is 21.2 Å². The minimum absolute atomic E-state index is 0.466. The van der Waals surface area contributed by atoms with Gasteiger partial charge in [-0.1, -0.05) is 18.2 Å². The average Bonchev–Trinajstić information content (AvgIpc) is 2.69. The Hall–Kier alpha value is -1.88. The molecule has 5 nitrogen and oxygen atoms in total. The minimum atomic E-state index is -0.993. The van der Waals surface area contributed by atoms with Crippen LogP contribution in [0, 0.1) is 0 Å². The smallest absolute Gasteiger partial charge is 0.237 e. The van der Waals surface area contributed by atoms with Gasteiger partial charge in [0.2, 0.25) is 5.91 Å². The van der Waals surface area contributed by atoms with Gasteiger partial charge in [0.15, 0.2) is 0 Å². The highest BCUT2D eigenvalue weighted by Gasteiger charge is 2.25. The third-order valence-electron chi connectivity index (χ3n) is 2.96. The second-order valence-electron chi connectivity index (χ2n) is 4.46. The van der Waals surface area contributed by atoms with Gasteiger partial charge in [0, 0.05) is 11.9 Å². The van der Waals surface area contributed by atoms with Crippen LogP contribution in [0.25, 0.3) is 10.9 Å². The second-order valence-corrected chi connectivity index (χ2v) is 4.46. The summed E-state index contributed by atoms with van der Waals surface area (Å²) < 4.78 is 1.84. The molecular formula is C12H16N4O. The molecule has 90 valence electrons. The van der Waals surface area contributed by atoms with E-state index in [9.17, 15) is 4.79 Å². The van der Waals surface area contributed by atoms with E-state index < -0.39 is 11.4 Å². The monoisotopic (exact) mass is 232 g/mol. The maximum Gasteiger partial charge on any atom is 0.237 e. The summed E-state index contributed by atoms with van der Waals surface area (Å²) in [4.78, 5) is 11.1. The van der Waals surface area contributed by atoms with Crippen LogP contribution in [0.1, 0.15) is 13.3 Å². The molecular weight excluding hydrogens is 216 g/mol. The fraction of sp³-hybridized carbons (Fsp3) is 0.333. The Morgan fingerprint density at radius 2 is 2.18 bits per heavy atom. The number of amides is 1. The maximum atomic E-state index is 11.1. The Kier molecular flexibility index (Phi) is 2.85. The molecule has 1 aromatic heterocycles. The zero-order valence-corrected chi connectivity index (χ0v) is 9.76. The van der Waals surface area contributed by atoms with Gasteiger partial charge < -0.3 is 11.5 Å². The summed E-state index contributed by atoms with van der Waals surface area (Å²) in [6.45, 7) is 2.21. The van der Waals surface area contributed by atoms with E-state index in [1.807, 2.05) is 28.9 Å². The van der Waals surface area contributed by atoms with Gasteiger partial charge in [-0.25, -0.2) is 0 Å². The number of para-hydroxylation sites is 1. The first-order chi connectivity index (χ1) is 8.00. The predicted molar refractivity (Wildman–Crippen MR) is 66.1 cm³/mol. The van der Waals surface area contributed by atoms with Crippen LogP contribution < -0.4 is 11.5 Å². The zero-order chi connectivity index (χ0) is 12.5. The number of rotatable bonds is 4. The Morgan fingerprint density at radius 3 is 2.88 bits per heavy atom. The summed E-state index contributed by atoms with van der Waals surface area (Å²) in [7, 11) is 0. The van der Waals surface area contributed by atoms with Crippen LogP contribution in [0.4, 0.5) is 0 Å². The Balaban J connectivity index is 2.17. The van der Waals surface area contributed by atoms with Crippen molar-refractivity contribution in [2.75, 3.05) is 0 Å². The van der Waals surface area contributed by atoms with E-state index in [0.717, 1.165) is 10.9 Å². The van der Waals surface area contributed by atoms with Crippen LogP contribution in [-0.2, 0) is 11.3 Å². The van der Waals surface area contributed by atoms with Gasteiger partial charge in [-0.2, -0.15) is 5.10 Å². The normalized spacial score (nSPS) is 14.7. The molecule has 17 heavy (non-hydrogen) atoms. The molecule has 0 radical (unpaired) electrons. The van der Waals surface area contributed by atoms with Gasteiger partial charge >= 0.3 is 0 Å². The number of nitrogens with zero attached hydrogens (tertiary/aromatic N) is 2. The van der Waals surface area contributed by atoms with E-state index in [2.05, 4.69) is 5.10 Å². The molecule has 2 aromatic rings. The van der Waals surface area contributed by atoms with Crippen molar-refractivity contribution < 1.29 is 4.79 Å². The van der Waals surface area contributed by atoms with Crippen molar-refractivity contribution in [3.05, 3.63) is 30.5 Å². The maximum absolute atomic E-state index is 11.1. The van der Waals surface area contributed by atoms with Gasteiger partial charge in [-0.05, 0) is 19.4 Å². The van der Waals surface area contributed by atoms with Gasteiger partial charge in [-0.3, -0.25) is 9.48 Å². The fourth-order valence-electron chi connectivity index (χ4n) is 1.67.